The van der Waals surface area contributed by atoms with E-state index in [1.54, 1.807) is 0 Å². The predicted octanol–water partition coefficient (Wildman–Crippen LogP) is 10.2. The Bertz CT molecular complexity index is 2480. The van der Waals surface area contributed by atoms with E-state index in [2.05, 4.69) is 91.0 Å². The Kier molecular flexibility index (Phi) is 6.15. The molecule has 4 heteroatoms. The van der Waals surface area contributed by atoms with Gasteiger partial charge in [0, 0.05) is 0 Å². The van der Waals surface area contributed by atoms with Gasteiger partial charge in [0.05, 0.1) is 0 Å². The molecule has 2 heterocycles. The molecular formula is C41H25N3Se. The first-order valence-electron chi connectivity index (χ1n) is 15.0. The van der Waals surface area contributed by atoms with Gasteiger partial charge in [-0.15, -0.1) is 0 Å². The molecule has 3 nitrogen and oxygen atoms in total. The fraction of sp³-hybridized carbons (Fsp3) is 0. The van der Waals surface area contributed by atoms with Crippen LogP contribution in [0.2, 0.25) is 0 Å². The first-order valence-corrected chi connectivity index (χ1v) is 16.7. The molecule has 9 aromatic rings. The second-order valence-corrected chi connectivity index (χ2v) is 13.4. The molecule has 9 rings (SSSR count). The van der Waals surface area contributed by atoms with Crippen molar-refractivity contribution in [1.29, 1.82) is 0 Å². The predicted molar refractivity (Wildman–Crippen MR) is 189 cm³/mol. The average molecular weight is 639 g/mol. The number of nitrogens with zero attached hydrogens (tertiary/aromatic N) is 3. The van der Waals surface area contributed by atoms with E-state index in [1.165, 1.54) is 40.8 Å². The first kappa shape index (κ1) is 26.0. The Morgan fingerprint density at radius 3 is 1.71 bits per heavy atom. The minimum atomic E-state index is 0.264. The Morgan fingerprint density at radius 2 is 0.956 bits per heavy atom. The van der Waals surface area contributed by atoms with Crippen molar-refractivity contribution in [1.82, 2.24) is 15.0 Å². The van der Waals surface area contributed by atoms with E-state index in [4.69, 9.17) is 15.0 Å². The summed E-state index contributed by atoms with van der Waals surface area (Å²) in [5.74, 6) is 1.99. The van der Waals surface area contributed by atoms with Crippen LogP contribution in [-0.2, 0) is 0 Å². The summed E-state index contributed by atoms with van der Waals surface area (Å²) in [5.41, 5.74) is 5.15. The number of rotatable bonds is 4. The van der Waals surface area contributed by atoms with Crippen LogP contribution in [0, 0.1) is 0 Å². The molecule has 210 valence electrons. The summed E-state index contributed by atoms with van der Waals surface area (Å²) in [6, 6.07) is 53.6. The summed E-state index contributed by atoms with van der Waals surface area (Å²) in [5, 5.41) is 7.96. The van der Waals surface area contributed by atoms with Crippen molar-refractivity contribution >= 4 is 55.3 Å². The van der Waals surface area contributed by atoms with Crippen molar-refractivity contribution in [3.8, 4) is 45.3 Å². The topological polar surface area (TPSA) is 38.7 Å². The fourth-order valence-electron chi connectivity index (χ4n) is 6.34. The van der Waals surface area contributed by atoms with E-state index in [0.29, 0.717) is 17.5 Å². The third-order valence-electron chi connectivity index (χ3n) is 8.52. The standard InChI is InChI=1S/C41H25N3Se/c1-3-11-28(12-4-1)39-42-40(29-13-5-2-6-14-29)44-41(43-39)34-17-8-7-15-31(34)30-22-20-26-19-21-27-23-24-33-32-16-9-10-18-36(32)45-38(33)37(27)35(26)25-30/h1-25H. The molecule has 0 unspecified atom stereocenters. The molecule has 0 aliphatic rings. The molecule has 45 heavy (non-hydrogen) atoms. The Morgan fingerprint density at radius 1 is 0.378 bits per heavy atom. The fourth-order valence-corrected chi connectivity index (χ4v) is 9.01. The summed E-state index contributed by atoms with van der Waals surface area (Å²) in [7, 11) is 0. The van der Waals surface area contributed by atoms with E-state index >= 15 is 0 Å². The van der Waals surface area contributed by atoms with Crippen LogP contribution in [0.15, 0.2) is 152 Å². The molecule has 0 atom stereocenters. The van der Waals surface area contributed by atoms with E-state index in [-0.39, 0.29) is 14.5 Å². The van der Waals surface area contributed by atoms with Crippen molar-refractivity contribution in [2.75, 3.05) is 0 Å². The van der Waals surface area contributed by atoms with Crippen LogP contribution in [0.25, 0.3) is 86.1 Å². The summed E-state index contributed by atoms with van der Waals surface area (Å²) in [6.07, 6.45) is 0. The number of fused-ring (bicyclic) bond motifs is 7. The number of hydrogen-bond donors (Lipinski definition) is 0. The molecule has 0 amide bonds. The summed E-state index contributed by atoms with van der Waals surface area (Å²) < 4.78 is 2.94. The number of hydrogen-bond acceptors (Lipinski definition) is 3. The van der Waals surface area contributed by atoms with E-state index in [1.807, 2.05) is 60.7 Å². The smallest absolute Gasteiger partial charge is 0.0615 e. The van der Waals surface area contributed by atoms with Crippen LogP contribution in [-0.4, -0.2) is 29.5 Å². The van der Waals surface area contributed by atoms with Gasteiger partial charge < -0.3 is 0 Å². The van der Waals surface area contributed by atoms with Gasteiger partial charge in [-0.3, -0.25) is 0 Å². The molecular weight excluding hydrogens is 613 g/mol. The number of benzene rings is 7. The molecule has 0 aliphatic carbocycles. The van der Waals surface area contributed by atoms with E-state index in [0.717, 1.165) is 27.8 Å². The second-order valence-electron chi connectivity index (χ2n) is 11.2. The van der Waals surface area contributed by atoms with Gasteiger partial charge in [0.1, 0.15) is 0 Å². The summed E-state index contributed by atoms with van der Waals surface area (Å²) in [6.45, 7) is 0. The Labute approximate surface area is 266 Å². The normalized spacial score (nSPS) is 11.6. The van der Waals surface area contributed by atoms with Crippen LogP contribution in [0.1, 0.15) is 0 Å². The average Bonchev–Trinajstić information content (AvgIpc) is 3.51. The number of aromatic nitrogens is 3. The second kappa shape index (κ2) is 10.6. The summed E-state index contributed by atoms with van der Waals surface area (Å²) in [4.78, 5) is 15.0. The molecule has 0 saturated heterocycles. The zero-order valence-corrected chi connectivity index (χ0v) is 25.9. The molecule has 0 spiro atoms. The zero-order chi connectivity index (χ0) is 29.7. The zero-order valence-electron chi connectivity index (χ0n) is 24.2. The molecule has 2 aromatic heterocycles. The quantitative estimate of drug-likeness (QED) is 0.142. The summed E-state index contributed by atoms with van der Waals surface area (Å²) >= 11 is 0.264. The molecule has 7 aromatic carbocycles. The Hall–Kier alpha value is -5.41. The van der Waals surface area contributed by atoms with Crippen LogP contribution >= 0.6 is 0 Å². The van der Waals surface area contributed by atoms with Gasteiger partial charge in [0.15, 0.2) is 0 Å². The SMILES string of the molecule is c1ccc(-c2nc(-c3ccccc3)nc(-c3ccccc3-c3ccc4ccc5ccc6c7ccccc7[se]c6c5c4c3)n2)cc1. The van der Waals surface area contributed by atoms with Gasteiger partial charge in [-0.25, -0.2) is 0 Å². The molecule has 0 bridgehead atoms. The van der Waals surface area contributed by atoms with Gasteiger partial charge >= 0.3 is 231 Å². The van der Waals surface area contributed by atoms with Crippen molar-refractivity contribution in [2.24, 2.45) is 0 Å². The molecule has 0 saturated carbocycles. The molecule has 0 fully saturated rings. The van der Waals surface area contributed by atoms with Gasteiger partial charge in [0.25, 0.3) is 0 Å². The van der Waals surface area contributed by atoms with Gasteiger partial charge in [-0.05, 0) is 0 Å². The monoisotopic (exact) mass is 639 g/mol. The molecule has 0 radical (unpaired) electrons. The van der Waals surface area contributed by atoms with Gasteiger partial charge in [-0.2, -0.15) is 0 Å². The maximum absolute atomic E-state index is 5.05. The van der Waals surface area contributed by atoms with Crippen molar-refractivity contribution in [3.05, 3.63) is 152 Å². The van der Waals surface area contributed by atoms with Crippen LogP contribution in [0.4, 0.5) is 0 Å². The van der Waals surface area contributed by atoms with Crippen LogP contribution in [0.5, 0.6) is 0 Å². The van der Waals surface area contributed by atoms with Crippen LogP contribution < -0.4 is 0 Å². The van der Waals surface area contributed by atoms with Crippen molar-refractivity contribution in [2.45, 2.75) is 0 Å². The van der Waals surface area contributed by atoms with Gasteiger partial charge in [0.2, 0.25) is 0 Å². The minimum absolute atomic E-state index is 0.264. The maximum atomic E-state index is 5.05. The first-order chi connectivity index (χ1) is 22.3. The van der Waals surface area contributed by atoms with E-state index < -0.39 is 0 Å². The van der Waals surface area contributed by atoms with Gasteiger partial charge in [-0.1, -0.05) is 36.4 Å². The third kappa shape index (κ3) is 4.46. The Balaban J connectivity index is 1.28. The van der Waals surface area contributed by atoms with Crippen molar-refractivity contribution in [3.63, 3.8) is 0 Å². The minimum Gasteiger partial charge on any atom is -0.0615 e. The van der Waals surface area contributed by atoms with E-state index in [9.17, 15) is 0 Å². The van der Waals surface area contributed by atoms with Crippen molar-refractivity contribution < 1.29 is 0 Å². The third-order valence-corrected chi connectivity index (χ3v) is 11.0. The molecule has 0 N–H and O–H groups in total. The molecule has 0 aliphatic heterocycles. The van der Waals surface area contributed by atoms with Crippen LogP contribution in [0.3, 0.4) is 0 Å².